The van der Waals surface area contributed by atoms with Gasteiger partial charge >= 0.3 is 0 Å². The minimum Gasteiger partial charge on any atom is -0.494 e. The summed E-state index contributed by atoms with van der Waals surface area (Å²) in [6.07, 6.45) is 4.13. The maximum absolute atomic E-state index is 13.0. The Bertz CT molecular complexity index is 956. The number of ether oxygens (including phenoxy) is 1. The molecular weight excluding hydrogens is 392 g/mol. The Kier molecular flexibility index (Phi) is 6.23. The molecule has 0 radical (unpaired) electrons. The van der Waals surface area contributed by atoms with Gasteiger partial charge in [-0.05, 0) is 43.5 Å². The molecule has 2 unspecified atom stereocenters. The average molecular weight is 421 g/mol. The maximum atomic E-state index is 13.0. The monoisotopic (exact) mass is 420 g/mol. The topological polar surface area (TPSA) is 73.9 Å². The Morgan fingerprint density at radius 3 is 2.58 bits per heavy atom. The lowest BCUT2D eigenvalue weighted by Gasteiger charge is -2.31. The summed E-state index contributed by atoms with van der Waals surface area (Å²) in [7, 11) is 0. The van der Waals surface area contributed by atoms with Gasteiger partial charge in [-0.15, -0.1) is 0 Å². The van der Waals surface area contributed by atoms with Crippen molar-refractivity contribution >= 4 is 11.8 Å². The van der Waals surface area contributed by atoms with Crippen LogP contribution in [0.3, 0.4) is 0 Å². The van der Waals surface area contributed by atoms with Gasteiger partial charge in [-0.2, -0.15) is 0 Å². The van der Waals surface area contributed by atoms with Crippen molar-refractivity contribution in [2.24, 2.45) is 0 Å². The molecule has 0 aromatic heterocycles. The first-order valence-corrected chi connectivity index (χ1v) is 10.6. The van der Waals surface area contributed by atoms with Gasteiger partial charge in [0, 0.05) is 18.9 Å². The van der Waals surface area contributed by atoms with E-state index < -0.39 is 0 Å². The molecule has 162 valence electrons. The van der Waals surface area contributed by atoms with Crippen LogP contribution in [0.4, 0.5) is 0 Å². The van der Waals surface area contributed by atoms with Crippen molar-refractivity contribution in [2.75, 3.05) is 13.2 Å². The molecule has 7 nitrogen and oxygen atoms in total. The lowest BCUT2D eigenvalue weighted by Crippen LogP contribution is -2.50. The summed E-state index contributed by atoms with van der Waals surface area (Å²) in [5.74, 6) is 0.579. The smallest absolute Gasteiger partial charge is 0.251 e. The van der Waals surface area contributed by atoms with Gasteiger partial charge in [-0.3, -0.25) is 9.59 Å². The van der Waals surface area contributed by atoms with E-state index in [2.05, 4.69) is 10.7 Å². The first-order chi connectivity index (χ1) is 15.0. The lowest BCUT2D eigenvalue weighted by molar-refractivity contribution is -0.138. The summed E-state index contributed by atoms with van der Waals surface area (Å²) in [5.41, 5.74) is 6.68. The van der Waals surface area contributed by atoms with Crippen molar-refractivity contribution in [2.45, 2.75) is 38.9 Å². The molecule has 0 bridgehead atoms. The van der Waals surface area contributed by atoms with E-state index in [9.17, 15) is 9.59 Å². The number of rotatable bonds is 7. The second kappa shape index (κ2) is 9.22. The summed E-state index contributed by atoms with van der Waals surface area (Å²) in [5, 5.41) is 4.73. The number of hydrogen-bond donors (Lipinski definition) is 2. The van der Waals surface area contributed by atoms with E-state index in [1.807, 2.05) is 73.6 Å². The minimum absolute atomic E-state index is 0.0131. The molecule has 2 aliphatic heterocycles. The van der Waals surface area contributed by atoms with Crippen LogP contribution in [0.25, 0.3) is 0 Å². The zero-order chi connectivity index (χ0) is 21.8. The summed E-state index contributed by atoms with van der Waals surface area (Å²) in [6.45, 7) is 5.07. The average Bonchev–Trinajstić information content (AvgIpc) is 3.21. The van der Waals surface area contributed by atoms with Crippen LogP contribution in [0.15, 0.2) is 60.9 Å². The van der Waals surface area contributed by atoms with E-state index in [0.717, 1.165) is 16.9 Å². The van der Waals surface area contributed by atoms with E-state index in [1.165, 1.54) is 10.5 Å². The zero-order valence-corrected chi connectivity index (χ0v) is 17.9. The third-order valence-corrected chi connectivity index (χ3v) is 5.59. The van der Waals surface area contributed by atoms with Gasteiger partial charge in [0.05, 0.1) is 12.6 Å². The number of amides is 2. The van der Waals surface area contributed by atoms with Gasteiger partial charge in [-0.25, -0.2) is 5.43 Å². The third-order valence-electron chi connectivity index (χ3n) is 5.59. The molecule has 2 aliphatic rings. The Labute approximate surface area is 182 Å². The zero-order valence-electron chi connectivity index (χ0n) is 17.9. The molecule has 31 heavy (non-hydrogen) atoms. The molecule has 2 aromatic carbocycles. The Morgan fingerprint density at radius 1 is 1.13 bits per heavy atom. The molecule has 4 rings (SSSR count). The van der Waals surface area contributed by atoms with Crippen LogP contribution >= 0.6 is 0 Å². The predicted molar refractivity (Wildman–Crippen MR) is 118 cm³/mol. The normalized spacial score (nSPS) is 20.0. The number of hydrogen-bond acceptors (Lipinski definition) is 5. The van der Waals surface area contributed by atoms with Crippen molar-refractivity contribution in [3.8, 4) is 5.75 Å². The molecule has 7 heteroatoms. The van der Waals surface area contributed by atoms with Crippen LogP contribution in [-0.2, 0) is 16.1 Å². The summed E-state index contributed by atoms with van der Waals surface area (Å²) in [4.78, 5) is 26.8. The standard InChI is InChI=1S/C24H28N4O3/c1-3-31-20-10-8-19(9-11-20)21-14-22-24(30)27(12-13-28(22)26-21)16-23(29)25-15-18-6-4-17(2)5-7-18/h4-13,21-22,26H,3,14-16H2,1-2H3,(H,25,29). The molecule has 0 aliphatic carbocycles. The largest absolute Gasteiger partial charge is 0.494 e. The first-order valence-electron chi connectivity index (χ1n) is 10.6. The number of nitrogens with one attached hydrogen (secondary N) is 2. The molecule has 1 fully saturated rings. The van der Waals surface area contributed by atoms with Crippen molar-refractivity contribution in [1.82, 2.24) is 20.7 Å². The second-order valence-electron chi connectivity index (χ2n) is 7.87. The first kappa shape index (κ1) is 20.9. The molecular formula is C24H28N4O3. The van der Waals surface area contributed by atoms with E-state index >= 15 is 0 Å². The molecule has 2 aromatic rings. The predicted octanol–water partition coefficient (Wildman–Crippen LogP) is 2.64. The fourth-order valence-corrected chi connectivity index (χ4v) is 3.86. The van der Waals surface area contributed by atoms with Crippen LogP contribution in [-0.4, -0.2) is 40.9 Å². The number of aryl methyl sites for hydroxylation is 1. The van der Waals surface area contributed by atoms with Crippen molar-refractivity contribution in [1.29, 1.82) is 0 Å². The van der Waals surface area contributed by atoms with Gasteiger partial charge < -0.3 is 20.0 Å². The minimum atomic E-state index is -0.327. The number of carbonyl (C=O) groups excluding carboxylic acids is 2. The Hall–Kier alpha value is -3.32. The lowest BCUT2D eigenvalue weighted by atomic mass is 10.0. The third kappa shape index (κ3) is 4.88. The second-order valence-corrected chi connectivity index (χ2v) is 7.87. The van der Waals surface area contributed by atoms with E-state index in [0.29, 0.717) is 19.6 Å². The van der Waals surface area contributed by atoms with E-state index in [1.54, 1.807) is 6.20 Å². The molecule has 2 heterocycles. The number of hydrazine groups is 1. The molecule has 2 atom stereocenters. The quantitative estimate of drug-likeness (QED) is 0.721. The molecule has 2 amide bonds. The number of carbonyl (C=O) groups is 2. The number of benzene rings is 2. The highest BCUT2D eigenvalue weighted by Gasteiger charge is 2.40. The van der Waals surface area contributed by atoms with Crippen molar-refractivity contribution in [3.05, 3.63) is 77.6 Å². The van der Waals surface area contributed by atoms with Crippen molar-refractivity contribution in [3.63, 3.8) is 0 Å². The highest BCUT2D eigenvalue weighted by atomic mass is 16.5. The van der Waals surface area contributed by atoms with Crippen LogP contribution in [0.2, 0.25) is 0 Å². The molecule has 0 spiro atoms. The van der Waals surface area contributed by atoms with Crippen LogP contribution in [0, 0.1) is 6.92 Å². The summed E-state index contributed by atoms with van der Waals surface area (Å²) in [6, 6.07) is 15.6. The van der Waals surface area contributed by atoms with Gasteiger partial charge in [0.15, 0.2) is 0 Å². The SMILES string of the molecule is CCOc1ccc(C2CC3C(=O)N(CC(=O)NCc4ccc(C)cc4)C=CN3N2)cc1. The highest BCUT2D eigenvalue weighted by Crippen LogP contribution is 2.31. The molecule has 0 saturated carbocycles. The van der Waals surface area contributed by atoms with E-state index in [4.69, 9.17) is 4.74 Å². The van der Waals surface area contributed by atoms with Gasteiger partial charge in [0.1, 0.15) is 18.3 Å². The highest BCUT2D eigenvalue weighted by molar-refractivity contribution is 5.89. The van der Waals surface area contributed by atoms with Gasteiger partial charge in [0.2, 0.25) is 5.91 Å². The molecule has 1 saturated heterocycles. The molecule has 2 N–H and O–H groups in total. The number of fused-ring (bicyclic) bond motifs is 1. The summed E-state index contributed by atoms with van der Waals surface area (Å²) < 4.78 is 5.50. The Balaban J connectivity index is 1.32. The van der Waals surface area contributed by atoms with Crippen LogP contribution < -0.4 is 15.5 Å². The van der Waals surface area contributed by atoms with Gasteiger partial charge in [-0.1, -0.05) is 42.0 Å². The maximum Gasteiger partial charge on any atom is 0.251 e. The van der Waals surface area contributed by atoms with E-state index in [-0.39, 0.29) is 30.4 Å². The van der Waals surface area contributed by atoms with Crippen molar-refractivity contribution < 1.29 is 14.3 Å². The summed E-state index contributed by atoms with van der Waals surface area (Å²) >= 11 is 0. The fraction of sp³-hybridized carbons (Fsp3) is 0.333. The van der Waals surface area contributed by atoms with Gasteiger partial charge in [0.25, 0.3) is 5.91 Å². The van der Waals surface area contributed by atoms with Crippen LogP contribution in [0.1, 0.15) is 36.1 Å². The number of nitrogens with zero attached hydrogens (tertiary/aromatic N) is 2. The fourth-order valence-electron chi connectivity index (χ4n) is 3.86. The Morgan fingerprint density at radius 2 is 1.87 bits per heavy atom. The van der Waals surface area contributed by atoms with Crippen LogP contribution in [0.5, 0.6) is 5.75 Å².